The number of hydrogen-bond acceptors (Lipinski definition) is 7. The van der Waals surface area contributed by atoms with Crippen molar-refractivity contribution in [2.75, 3.05) is 6.61 Å². The monoisotopic (exact) mass is 712 g/mol. The highest BCUT2D eigenvalue weighted by atomic mass is 127. The molecule has 4 aromatic rings. The van der Waals surface area contributed by atoms with E-state index in [2.05, 4.69) is 27.6 Å². The second-order valence-electron chi connectivity index (χ2n) is 10.1. The number of thiazole rings is 1. The second kappa shape index (κ2) is 13.3. The van der Waals surface area contributed by atoms with Crippen molar-refractivity contribution in [2.45, 2.75) is 46.4 Å². The van der Waals surface area contributed by atoms with Crippen molar-refractivity contribution in [1.82, 2.24) is 4.57 Å². The van der Waals surface area contributed by atoms with Crippen LogP contribution in [0.15, 0.2) is 87.8 Å². The van der Waals surface area contributed by atoms with E-state index >= 15 is 0 Å². The van der Waals surface area contributed by atoms with Crippen LogP contribution in [0.5, 0.6) is 11.5 Å². The number of carbonyl (C=O) groups excluding carboxylic acids is 1. The predicted molar refractivity (Wildman–Crippen MR) is 172 cm³/mol. The molecule has 7 nitrogen and oxygen atoms in total. The minimum absolute atomic E-state index is 0.102. The average molecular weight is 713 g/mol. The summed E-state index contributed by atoms with van der Waals surface area (Å²) in [5.41, 5.74) is 2.43. The van der Waals surface area contributed by atoms with Gasteiger partial charge in [-0.25, -0.2) is 14.2 Å². The summed E-state index contributed by atoms with van der Waals surface area (Å²) in [4.78, 5) is 32.4. The molecule has 5 rings (SSSR count). The first-order valence-electron chi connectivity index (χ1n) is 13.8. The van der Waals surface area contributed by atoms with E-state index in [4.69, 9.17) is 14.2 Å². The van der Waals surface area contributed by atoms with Gasteiger partial charge in [0.2, 0.25) is 0 Å². The maximum Gasteiger partial charge on any atom is 0.338 e. The Morgan fingerprint density at radius 1 is 1.12 bits per heavy atom. The van der Waals surface area contributed by atoms with E-state index in [1.807, 2.05) is 50.2 Å². The van der Waals surface area contributed by atoms with Crippen LogP contribution in [-0.2, 0) is 16.1 Å². The van der Waals surface area contributed by atoms with Gasteiger partial charge in [-0.2, -0.15) is 0 Å². The summed E-state index contributed by atoms with van der Waals surface area (Å²) in [6, 6.07) is 18.7. The van der Waals surface area contributed by atoms with Crippen LogP contribution >= 0.6 is 33.9 Å². The molecule has 0 aliphatic carbocycles. The highest BCUT2D eigenvalue weighted by Gasteiger charge is 2.35. The molecule has 2 heterocycles. The van der Waals surface area contributed by atoms with Crippen molar-refractivity contribution in [2.24, 2.45) is 4.99 Å². The van der Waals surface area contributed by atoms with Crippen LogP contribution in [0, 0.1) is 9.39 Å². The van der Waals surface area contributed by atoms with Crippen molar-refractivity contribution in [3.05, 3.63) is 124 Å². The maximum atomic E-state index is 14.0. The molecule has 1 aliphatic heterocycles. The topological polar surface area (TPSA) is 79.1 Å². The number of aromatic nitrogens is 1. The molecule has 0 unspecified atom stereocenters. The molecule has 0 radical (unpaired) electrons. The first kappa shape index (κ1) is 30.7. The number of hydrogen-bond donors (Lipinski definition) is 0. The van der Waals surface area contributed by atoms with E-state index in [1.165, 1.54) is 17.4 Å². The van der Waals surface area contributed by atoms with Crippen LogP contribution in [0.4, 0.5) is 4.39 Å². The minimum Gasteiger partial charge on any atom is -0.491 e. The summed E-state index contributed by atoms with van der Waals surface area (Å²) in [6.45, 7) is 7.64. The molecule has 43 heavy (non-hydrogen) atoms. The molecule has 0 spiro atoms. The summed E-state index contributed by atoms with van der Waals surface area (Å²) in [7, 11) is 0. The standard InChI is InChI=1S/C33H30FIN2O5S/c1-5-40-32(39)29-20(4)36-33-37(30(29)23-11-7-9-13-26(23)42-19(2)3)31(38)28(43-33)17-21-14-15-27(25(35)16-21)41-18-22-10-6-8-12-24(22)34/h6-17,19,30H,5,18H2,1-4H3/b28-17+/t30-/m0/s1. The fourth-order valence-electron chi connectivity index (χ4n) is 4.80. The first-order valence-corrected chi connectivity index (χ1v) is 15.7. The van der Waals surface area contributed by atoms with Gasteiger partial charge in [-0.1, -0.05) is 53.8 Å². The van der Waals surface area contributed by atoms with Gasteiger partial charge in [0.25, 0.3) is 5.56 Å². The fraction of sp³-hybridized carbons (Fsp3) is 0.242. The highest BCUT2D eigenvalue weighted by Crippen LogP contribution is 2.36. The molecule has 0 saturated heterocycles. The Balaban J connectivity index is 1.56. The normalized spacial score (nSPS) is 14.9. The number of benzene rings is 3. The molecule has 1 aliphatic rings. The largest absolute Gasteiger partial charge is 0.491 e. The third-order valence-electron chi connectivity index (χ3n) is 6.69. The lowest BCUT2D eigenvalue weighted by Gasteiger charge is -2.26. The maximum absolute atomic E-state index is 14.0. The number of fused-ring (bicyclic) bond motifs is 1. The zero-order valence-corrected chi connectivity index (χ0v) is 27.1. The van der Waals surface area contributed by atoms with Gasteiger partial charge in [0, 0.05) is 11.1 Å². The zero-order valence-electron chi connectivity index (χ0n) is 24.1. The van der Waals surface area contributed by atoms with Gasteiger partial charge in [-0.3, -0.25) is 9.36 Å². The lowest BCUT2D eigenvalue weighted by molar-refractivity contribution is -0.139. The Morgan fingerprint density at radius 3 is 2.58 bits per heavy atom. The second-order valence-corrected chi connectivity index (χ2v) is 12.2. The Bertz CT molecular complexity index is 1900. The van der Waals surface area contributed by atoms with Crippen molar-refractivity contribution in [1.29, 1.82) is 0 Å². The molecule has 3 aromatic carbocycles. The quantitative estimate of drug-likeness (QED) is 0.160. The van der Waals surface area contributed by atoms with Crippen LogP contribution in [0.2, 0.25) is 0 Å². The average Bonchev–Trinajstić information content (AvgIpc) is 3.26. The zero-order chi connectivity index (χ0) is 30.7. The molecule has 0 saturated carbocycles. The summed E-state index contributed by atoms with van der Waals surface area (Å²) in [5, 5.41) is 0. The minimum atomic E-state index is -0.776. The van der Waals surface area contributed by atoms with Gasteiger partial charge in [-0.05, 0) is 86.2 Å². The van der Waals surface area contributed by atoms with Crippen molar-refractivity contribution in [3.8, 4) is 11.5 Å². The van der Waals surface area contributed by atoms with Crippen molar-refractivity contribution < 1.29 is 23.4 Å². The number of rotatable bonds is 9. The van der Waals surface area contributed by atoms with Crippen LogP contribution < -0.4 is 24.4 Å². The van der Waals surface area contributed by atoms with Crippen LogP contribution in [0.3, 0.4) is 0 Å². The summed E-state index contributed by atoms with van der Waals surface area (Å²) in [5.74, 6) is 0.346. The molecule has 0 N–H and O–H groups in total. The van der Waals surface area contributed by atoms with E-state index < -0.39 is 12.0 Å². The number of allylic oxidation sites excluding steroid dienone is 1. The van der Waals surface area contributed by atoms with E-state index in [9.17, 15) is 14.0 Å². The van der Waals surface area contributed by atoms with E-state index in [-0.39, 0.29) is 30.7 Å². The van der Waals surface area contributed by atoms with E-state index in [0.717, 1.165) is 9.13 Å². The number of halogens is 2. The SMILES string of the molecule is CCOC(=O)C1=C(C)N=c2s/c(=C/c3ccc(OCc4ccccc4F)c(I)c3)c(=O)n2[C@H]1c1ccccc1OC(C)C. The van der Waals surface area contributed by atoms with E-state index in [1.54, 1.807) is 48.8 Å². The van der Waals surface area contributed by atoms with Crippen LogP contribution in [0.25, 0.3) is 6.08 Å². The Kier molecular flexibility index (Phi) is 9.46. The van der Waals surface area contributed by atoms with Crippen LogP contribution in [-0.4, -0.2) is 23.2 Å². The van der Waals surface area contributed by atoms with Gasteiger partial charge in [-0.15, -0.1) is 0 Å². The van der Waals surface area contributed by atoms with Crippen molar-refractivity contribution >= 4 is 46.0 Å². The molecule has 0 fully saturated rings. The third kappa shape index (κ3) is 6.59. The Morgan fingerprint density at radius 2 is 1.86 bits per heavy atom. The molecular formula is C33H30FIN2O5S. The molecule has 1 atom stereocenters. The van der Waals surface area contributed by atoms with Gasteiger partial charge in [0.05, 0.1) is 32.1 Å². The number of ether oxygens (including phenoxy) is 3. The number of nitrogens with zero attached hydrogens (tertiary/aromatic N) is 2. The molecular weight excluding hydrogens is 682 g/mol. The summed E-state index contributed by atoms with van der Waals surface area (Å²) in [6.07, 6.45) is 1.68. The molecule has 0 bridgehead atoms. The third-order valence-corrected chi connectivity index (χ3v) is 8.51. The van der Waals surface area contributed by atoms with Crippen LogP contribution in [0.1, 0.15) is 50.4 Å². The first-order chi connectivity index (χ1) is 20.7. The number of carbonyl (C=O) groups is 1. The van der Waals surface area contributed by atoms with Gasteiger partial charge in [0.15, 0.2) is 4.80 Å². The smallest absolute Gasteiger partial charge is 0.338 e. The van der Waals surface area contributed by atoms with Gasteiger partial charge < -0.3 is 14.2 Å². The summed E-state index contributed by atoms with van der Waals surface area (Å²) < 4.78 is 34.2. The van der Waals surface area contributed by atoms with Gasteiger partial charge in [0.1, 0.15) is 30.0 Å². The van der Waals surface area contributed by atoms with Gasteiger partial charge >= 0.3 is 5.97 Å². The lowest BCUT2D eigenvalue weighted by Crippen LogP contribution is -2.40. The number of para-hydroxylation sites is 1. The Hall–Kier alpha value is -3.77. The molecule has 1 aromatic heterocycles. The van der Waals surface area contributed by atoms with Crippen molar-refractivity contribution in [3.63, 3.8) is 0 Å². The predicted octanol–water partition coefficient (Wildman–Crippen LogP) is 5.91. The molecule has 10 heteroatoms. The molecule has 0 amide bonds. The number of esters is 1. The molecule has 222 valence electrons. The summed E-state index contributed by atoms with van der Waals surface area (Å²) >= 11 is 3.41. The fourth-order valence-corrected chi connectivity index (χ4v) is 6.54. The Labute approximate surface area is 266 Å². The lowest BCUT2D eigenvalue weighted by atomic mass is 9.95. The highest BCUT2D eigenvalue weighted by molar-refractivity contribution is 14.1. The van der Waals surface area contributed by atoms with E-state index in [0.29, 0.717) is 43.2 Å².